The van der Waals surface area contributed by atoms with Crippen LogP contribution in [0.15, 0.2) is 16.6 Å². The maximum absolute atomic E-state index is 9.75. The third-order valence-corrected chi connectivity index (χ3v) is 3.45. The lowest BCUT2D eigenvalue weighted by Gasteiger charge is -2.18. The highest BCUT2D eigenvalue weighted by Crippen LogP contribution is 2.35. The van der Waals surface area contributed by atoms with Crippen molar-refractivity contribution in [3.63, 3.8) is 0 Å². The van der Waals surface area contributed by atoms with Gasteiger partial charge in [0, 0.05) is 6.54 Å². The molecule has 0 saturated carbocycles. The SMILES string of the molecule is COc1cc(CN(C)CCC(C)C)cc(Br)c1O. The molecule has 0 heterocycles. The number of nitrogens with zero attached hydrogens (tertiary/aromatic N) is 1. The Hall–Kier alpha value is -0.740. The van der Waals surface area contributed by atoms with Gasteiger partial charge in [0.05, 0.1) is 11.6 Å². The second kappa shape index (κ2) is 7.00. The Morgan fingerprint density at radius 2 is 2.06 bits per heavy atom. The maximum atomic E-state index is 9.75. The summed E-state index contributed by atoms with van der Waals surface area (Å²) in [7, 11) is 3.67. The summed E-state index contributed by atoms with van der Waals surface area (Å²) in [5.74, 6) is 1.39. The van der Waals surface area contributed by atoms with Crippen molar-refractivity contribution in [2.45, 2.75) is 26.8 Å². The zero-order valence-electron chi connectivity index (χ0n) is 11.5. The fourth-order valence-electron chi connectivity index (χ4n) is 1.74. The quantitative estimate of drug-likeness (QED) is 0.870. The highest BCUT2D eigenvalue weighted by Gasteiger charge is 2.10. The summed E-state index contributed by atoms with van der Waals surface area (Å²) in [6.07, 6.45) is 1.19. The average molecular weight is 316 g/mol. The first kappa shape index (κ1) is 15.3. The molecule has 0 bridgehead atoms. The zero-order chi connectivity index (χ0) is 13.7. The Morgan fingerprint density at radius 1 is 1.39 bits per heavy atom. The van der Waals surface area contributed by atoms with Gasteiger partial charge in [0.25, 0.3) is 0 Å². The molecule has 102 valence electrons. The van der Waals surface area contributed by atoms with E-state index in [9.17, 15) is 5.11 Å². The van der Waals surface area contributed by atoms with E-state index in [1.165, 1.54) is 6.42 Å². The van der Waals surface area contributed by atoms with Crippen LogP contribution in [0.5, 0.6) is 11.5 Å². The second-order valence-electron chi connectivity index (χ2n) is 5.05. The monoisotopic (exact) mass is 315 g/mol. The maximum Gasteiger partial charge on any atom is 0.172 e. The summed E-state index contributed by atoms with van der Waals surface area (Å²) in [5.41, 5.74) is 1.13. The number of phenolic OH excluding ortho intramolecular Hbond substituents is 1. The molecular weight excluding hydrogens is 294 g/mol. The summed E-state index contributed by atoms with van der Waals surface area (Å²) in [5, 5.41) is 9.75. The molecule has 0 unspecified atom stereocenters. The van der Waals surface area contributed by atoms with Gasteiger partial charge >= 0.3 is 0 Å². The summed E-state index contributed by atoms with van der Waals surface area (Å²) in [6.45, 7) is 6.38. The van der Waals surface area contributed by atoms with E-state index in [1.54, 1.807) is 7.11 Å². The molecular formula is C14H22BrNO2. The minimum Gasteiger partial charge on any atom is -0.503 e. The molecule has 3 nitrogen and oxygen atoms in total. The number of ether oxygens (including phenoxy) is 1. The van der Waals surface area contributed by atoms with Crippen molar-refractivity contribution >= 4 is 15.9 Å². The van der Waals surface area contributed by atoms with Gasteiger partial charge in [0.1, 0.15) is 0 Å². The highest BCUT2D eigenvalue weighted by atomic mass is 79.9. The fraction of sp³-hybridized carbons (Fsp3) is 0.571. The van der Waals surface area contributed by atoms with Crippen LogP contribution in [0.25, 0.3) is 0 Å². The summed E-state index contributed by atoms with van der Waals surface area (Å²) in [4.78, 5) is 2.28. The third kappa shape index (κ3) is 4.50. The number of aromatic hydroxyl groups is 1. The first-order valence-electron chi connectivity index (χ1n) is 6.18. The summed E-state index contributed by atoms with van der Waals surface area (Å²) in [6, 6.07) is 3.82. The van der Waals surface area contributed by atoms with Gasteiger partial charge in [-0.15, -0.1) is 0 Å². The molecule has 0 amide bonds. The van der Waals surface area contributed by atoms with Gasteiger partial charge in [-0.3, -0.25) is 0 Å². The largest absolute Gasteiger partial charge is 0.503 e. The van der Waals surface area contributed by atoms with Crippen molar-refractivity contribution in [1.82, 2.24) is 4.90 Å². The standard InChI is InChI=1S/C14H22BrNO2/c1-10(2)5-6-16(3)9-11-7-12(15)14(17)13(8-11)18-4/h7-8,10,17H,5-6,9H2,1-4H3. The second-order valence-corrected chi connectivity index (χ2v) is 5.90. The van der Waals surface area contributed by atoms with Crippen molar-refractivity contribution in [2.75, 3.05) is 20.7 Å². The normalized spacial score (nSPS) is 11.3. The minimum atomic E-state index is 0.158. The molecule has 0 aliphatic heterocycles. The van der Waals surface area contributed by atoms with E-state index in [0.717, 1.165) is 18.7 Å². The zero-order valence-corrected chi connectivity index (χ0v) is 13.1. The number of phenols is 1. The Balaban J connectivity index is 2.70. The molecule has 1 aromatic carbocycles. The molecule has 0 saturated heterocycles. The van der Waals surface area contributed by atoms with Crippen molar-refractivity contribution < 1.29 is 9.84 Å². The van der Waals surface area contributed by atoms with Gasteiger partial charge in [-0.25, -0.2) is 0 Å². The average Bonchev–Trinajstić information content (AvgIpc) is 2.31. The molecule has 4 heteroatoms. The van der Waals surface area contributed by atoms with E-state index < -0.39 is 0 Å². The van der Waals surface area contributed by atoms with Gasteiger partial charge in [0.15, 0.2) is 11.5 Å². The van der Waals surface area contributed by atoms with Crippen LogP contribution in [0, 0.1) is 5.92 Å². The van der Waals surface area contributed by atoms with Crippen LogP contribution in [0.2, 0.25) is 0 Å². The molecule has 1 rings (SSSR count). The van der Waals surface area contributed by atoms with Gasteiger partial charge in [-0.2, -0.15) is 0 Å². The lowest BCUT2D eigenvalue weighted by molar-refractivity contribution is 0.302. The molecule has 0 aliphatic rings. The van der Waals surface area contributed by atoms with Crippen LogP contribution in [0.4, 0.5) is 0 Å². The number of hydrogen-bond donors (Lipinski definition) is 1. The number of rotatable bonds is 6. The van der Waals surface area contributed by atoms with E-state index >= 15 is 0 Å². The van der Waals surface area contributed by atoms with Crippen LogP contribution < -0.4 is 4.74 Å². The molecule has 0 aliphatic carbocycles. The number of methoxy groups -OCH3 is 1. The van der Waals surface area contributed by atoms with Gasteiger partial charge in [-0.05, 0) is 59.6 Å². The van der Waals surface area contributed by atoms with Gasteiger partial charge < -0.3 is 14.7 Å². The first-order valence-corrected chi connectivity index (χ1v) is 6.97. The number of benzene rings is 1. The third-order valence-electron chi connectivity index (χ3n) is 2.85. The van der Waals surface area contributed by atoms with Crippen LogP contribution >= 0.6 is 15.9 Å². The van der Waals surface area contributed by atoms with Gasteiger partial charge in [0.2, 0.25) is 0 Å². The Kier molecular flexibility index (Phi) is 5.96. The highest BCUT2D eigenvalue weighted by molar-refractivity contribution is 9.10. The van der Waals surface area contributed by atoms with Crippen LogP contribution in [0.3, 0.4) is 0 Å². The molecule has 0 spiro atoms. The lowest BCUT2D eigenvalue weighted by atomic mass is 10.1. The lowest BCUT2D eigenvalue weighted by Crippen LogP contribution is -2.20. The van der Waals surface area contributed by atoms with E-state index in [4.69, 9.17) is 4.74 Å². The Labute approximate surface area is 118 Å². The van der Waals surface area contributed by atoms with E-state index in [0.29, 0.717) is 16.1 Å². The molecule has 0 atom stereocenters. The smallest absolute Gasteiger partial charge is 0.172 e. The molecule has 18 heavy (non-hydrogen) atoms. The summed E-state index contributed by atoms with van der Waals surface area (Å²) < 4.78 is 5.82. The summed E-state index contributed by atoms with van der Waals surface area (Å²) >= 11 is 3.34. The topological polar surface area (TPSA) is 32.7 Å². The number of halogens is 1. The molecule has 0 fully saturated rings. The van der Waals surface area contributed by atoms with Crippen molar-refractivity contribution in [3.8, 4) is 11.5 Å². The van der Waals surface area contributed by atoms with Crippen molar-refractivity contribution in [2.24, 2.45) is 5.92 Å². The predicted molar refractivity (Wildman–Crippen MR) is 78.1 cm³/mol. The first-order chi connectivity index (χ1) is 8.43. The Bertz CT molecular complexity index is 394. The molecule has 0 radical (unpaired) electrons. The van der Waals surface area contributed by atoms with Crippen LogP contribution in [-0.4, -0.2) is 30.7 Å². The van der Waals surface area contributed by atoms with E-state index in [-0.39, 0.29) is 5.75 Å². The van der Waals surface area contributed by atoms with Gasteiger partial charge in [-0.1, -0.05) is 13.8 Å². The van der Waals surface area contributed by atoms with Crippen molar-refractivity contribution in [3.05, 3.63) is 22.2 Å². The van der Waals surface area contributed by atoms with Crippen molar-refractivity contribution in [1.29, 1.82) is 0 Å². The minimum absolute atomic E-state index is 0.158. The van der Waals surface area contributed by atoms with Crippen LogP contribution in [-0.2, 0) is 6.54 Å². The van der Waals surface area contributed by atoms with Crippen LogP contribution in [0.1, 0.15) is 25.8 Å². The molecule has 1 aromatic rings. The fourth-order valence-corrected chi connectivity index (χ4v) is 2.23. The predicted octanol–water partition coefficient (Wildman–Crippen LogP) is 3.64. The van der Waals surface area contributed by atoms with E-state index in [1.807, 2.05) is 12.1 Å². The van der Waals surface area contributed by atoms with E-state index in [2.05, 4.69) is 41.7 Å². The number of hydrogen-bond acceptors (Lipinski definition) is 3. The molecule has 0 aromatic heterocycles. The Morgan fingerprint density at radius 3 is 2.61 bits per heavy atom. The molecule has 1 N–H and O–H groups in total.